The predicted molar refractivity (Wildman–Crippen MR) is 103 cm³/mol. The lowest BCUT2D eigenvalue weighted by Gasteiger charge is -2.18. The maximum absolute atomic E-state index is 11.1. The van der Waals surface area contributed by atoms with Crippen molar-refractivity contribution in [1.82, 2.24) is 14.9 Å². The molecule has 1 saturated heterocycles. The van der Waals surface area contributed by atoms with E-state index in [1.54, 1.807) is 25.6 Å². The number of hydrogen-bond acceptors (Lipinski definition) is 7. The van der Waals surface area contributed by atoms with Crippen LogP contribution in [0.4, 0.5) is 5.82 Å². The lowest BCUT2D eigenvalue weighted by molar-refractivity contribution is -0.134. The first-order valence-corrected chi connectivity index (χ1v) is 8.87. The van der Waals surface area contributed by atoms with Crippen LogP contribution in [0.15, 0.2) is 42.7 Å². The number of benzene rings is 1. The van der Waals surface area contributed by atoms with Crippen LogP contribution < -0.4 is 10.1 Å². The zero-order valence-electron chi connectivity index (χ0n) is 15.6. The normalized spacial score (nSPS) is 17.2. The summed E-state index contributed by atoms with van der Waals surface area (Å²) in [4.78, 5) is 22.2. The molecule has 2 heterocycles. The Morgan fingerprint density at radius 2 is 2.15 bits per heavy atom. The minimum absolute atomic E-state index is 0.325. The molecule has 1 atom stereocenters. The van der Waals surface area contributed by atoms with Gasteiger partial charge in [0.1, 0.15) is 11.6 Å². The number of carbonyl (C=O) groups is 1. The van der Waals surface area contributed by atoms with Crippen LogP contribution in [0.3, 0.4) is 0 Å². The number of nitrogens with zero attached hydrogens (tertiary/aromatic N) is 3. The van der Waals surface area contributed by atoms with Gasteiger partial charge in [0, 0.05) is 37.3 Å². The molecule has 1 aliphatic rings. The number of methoxy groups -OCH3 is 2. The maximum atomic E-state index is 11.1. The van der Waals surface area contributed by atoms with E-state index < -0.39 is 5.97 Å². The van der Waals surface area contributed by atoms with Gasteiger partial charge in [-0.05, 0) is 18.6 Å². The number of ether oxygens (including phenoxy) is 2. The number of likely N-dealkylation sites (tertiary alicyclic amines) is 1. The Morgan fingerprint density at radius 1 is 1.30 bits per heavy atom. The standard InChI is InChI=1S/C20H24N4O3/c1-26-18-6-4-3-5-15(18)13-24-10-9-17(14-24)23-19-12-21-16(11-22-19)7-8-20(25)27-2/h3-8,11-12,17H,9-10,13-14H2,1-2H3,(H,22,23)/t17-/m1/s1. The summed E-state index contributed by atoms with van der Waals surface area (Å²) in [5.74, 6) is 1.24. The Labute approximate surface area is 159 Å². The first-order chi connectivity index (χ1) is 13.2. The van der Waals surface area contributed by atoms with Gasteiger partial charge in [-0.3, -0.25) is 9.88 Å². The molecule has 1 fully saturated rings. The van der Waals surface area contributed by atoms with Crippen molar-refractivity contribution in [3.8, 4) is 5.75 Å². The van der Waals surface area contributed by atoms with Crippen molar-refractivity contribution in [2.45, 2.75) is 19.0 Å². The summed E-state index contributed by atoms with van der Waals surface area (Å²) >= 11 is 0. The number of hydrogen-bond donors (Lipinski definition) is 1. The van der Waals surface area contributed by atoms with E-state index in [9.17, 15) is 4.79 Å². The Hall–Kier alpha value is -2.93. The van der Waals surface area contributed by atoms with Gasteiger partial charge in [-0.25, -0.2) is 9.78 Å². The van der Waals surface area contributed by atoms with Gasteiger partial charge in [-0.1, -0.05) is 18.2 Å². The summed E-state index contributed by atoms with van der Waals surface area (Å²) in [7, 11) is 3.04. The van der Waals surface area contributed by atoms with Crippen molar-refractivity contribution in [2.75, 3.05) is 32.6 Å². The molecule has 1 aromatic heterocycles. The second-order valence-corrected chi connectivity index (χ2v) is 6.36. The third-order valence-corrected chi connectivity index (χ3v) is 4.47. The highest BCUT2D eigenvalue weighted by Crippen LogP contribution is 2.22. The van der Waals surface area contributed by atoms with E-state index in [-0.39, 0.29) is 0 Å². The Balaban J connectivity index is 1.52. The van der Waals surface area contributed by atoms with Gasteiger partial charge in [0.05, 0.1) is 32.3 Å². The summed E-state index contributed by atoms with van der Waals surface area (Å²) in [5.41, 5.74) is 1.80. The van der Waals surface area contributed by atoms with Crippen LogP contribution in [0.2, 0.25) is 0 Å². The average Bonchev–Trinajstić information content (AvgIpc) is 3.14. The zero-order chi connectivity index (χ0) is 19.1. The molecule has 3 rings (SSSR count). The number of esters is 1. The van der Waals surface area contributed by atoms with Crippen LogP contribution in [0.1, 0.15) is 17.7 Å². The third-order valence-electron chi connectivity index (χ3n) is 4.47. The molecule has 0 radical (unpaired) electrons. The first-order valence-electron chi connectivity index (χ1n) is 8.87. The molecule has 0 amide bonds. The molecule has 142 valence electrons. The van der Waals surface area contributed by atoms with E-state index in [2.05, 4.69) is 31.0 Å². The second-order valence-electron chi connectivity index (χ2n) is 6.36. The Bertz CT molecular complexity index is 792. The summed E-state index contributed by atoms with van der Waals surface area (Å²) in [6, 6.07) is 8.44. The molecule has 1 N–H and O–H groups in total. The molecule has 0 bridgehead atoms. The third kappa shape index (κ3) is 5.27. The summed E-state index contributed by atoms with van der Waals surface area (Å²) < 4.78 is 9.99. The molecule has 27 heavy (non-hydrogen) atoms. The lowest BCUT2D eigenvalue weighted by atomic mass is 10.2. The van der Waals surface area contributed by atoms with E-state index in [1.165, 1.54) is 18.7 Å². The monoisotopic (exact) mass is 368 g/mol. The lowest BCUT2D eigenvalue weighted by Crippen LogP contribution is -2.26. The SMILES string of the molecule is COC(=O)C=Cc1cnc(N[C@@H]2CCN(Cc3ccccc3OC)C2)cn1. The minimum Gasteiger partial charge on any atom is -0.496 e. The van der Waals surface area contributed by atoms with Crippen molar-refractivity contribution < 1.29 is 14.3 Å². The molecule has 0 saturated carbocycles. The summed E-state index contributed by atoms with van der Waals surface area (Å²) in [5, 5.41) is 3.43. The molecule has 0 unspecified atom stereocenters. The quantitative estimate of drug-likeness (QED) is 0.594. The molecule has 0 aliphatic carbocycles. The van der Waals surface area contributed by atoms with Gasteiger partial charge in [0.25, 0.3) is 0 Å². The fourth-order valence-corrected chi connectivity index (χ4v) is 3.10. The molecule has 7 nitrogen and oxygen atoms in total. The van der Waals surface area contributed by atoms with Gasteiger partial charge in [-0.2, -0.15) is 0 Å². The fourth-order valence-electron chi connectivity index (χ4n) is 3.10. The summed E-state index contributed by atoms with van der Waals surface area (Å²) in [6.07, 6.45) is 7.25. The van der Waals surface area contributed by atoms with Gasteiger partial charge in [0.15, 0.2) is 0 Å². The fraction of sp³-hybridized carbons (Fsp3) is 0.350. The van der Waals surface area contributed by atoms with Crippen molar-refractivity contribution in [1.29, 1.82) is 0 Å². The van der Waals surface area contributed by atoms with Gasteiger partial charge >= 0.3 is 5.97 Å². The first kappa shape index (κ1) is 18.8. The van der Waals surface area contributed by atoms with Crippen LogP contribution in [-0.4, -0.2) is 54.2 Å². The van der Waals surface area contributed by atoms with Crippen LogP contribution in [0.5, 0.6) is 5.75 Å². The molecular weight excluding hydrogens is 344 g/mol. The zero-order valence-corrected chi connectivity index (χ0v) is 15.6. The highest BCUT2D eigenvalue weighted by atomic mass is 16.5. The predicted octanol–water partition coefficient (Wildman–Crippen LogP) is 2.36. The van der Waals surface area contributed by atoms with Gasteiger partial charge in [0.2, 0.25) is 0 Å². The number of aromatic nitrogens is 2. The molecular formula is C20H24N4O3. The largest absolute Gasteiger partial charge is 0.496 e. The van der Waals surface area contributed by atoms with Crippen LogP contribution in [-0.2, 0) is 16.1 Å². The van der Waals surface area contributed by atoms with Gasteiger partial charge < -0.3 is 14.8 Å². The Kier molecular flexibility index (Phi) is 6.38. The van der Waals surface area contributed by atoms with Crippen molar-refractivity contribution in [3.63, 3.8) is 0 Å². The molecule has 2 aromatic rings. The van der Waals surface area contributed by atoms with Crippen molar-refractivity contribution >= 4 is 17.9 Å². The van der Waals surface area contributed by atoms with E-state index >= 15 is 0 Å². The topological polar surface area (TPSA) is 76.6 Å². The second kappa shape index (κ2) is 9.14. The highest BCUT2D eigenvalue weighted by Gasteiger charge is 2.23. The minimum atomic E-state index is -0.417. The smallest absolute Gasteiger partial charge is 0.330 e. The number of carbonyl (C=O) groups excluding carboxylic acids is 1. The van der Waals surface area contributed by atoms with Crippen molar-refractivity contribution in [3.05, 3.63) is 54.0 Å². The summed E-state index contributed by atoms with van der Waals surface area (Å²) in [6.45, 7) is 2.82. The van der Waals surface area contributed by atoms with E-state index in [0.717, 1.165) is 37.6 Å². The Morgan fingerprint density at radius 3 is 2.89 bits per heavy atom. The number of nitrogens with one attached hydrogen (secondary N) is 1. The van der Waals surface area contributed by atoms with Crippen LogP contribution >= 0.6 is 0 Å². The molecule has 7 heteroatoms. The average molecular weight is 368 g/mol. The van der Waals surface area contributed by atoms with E-state index in [0.29, 0.717) is 11.7 Å². The molecule has 0 spiro atoms. The highest BCUT2D eigenvalue weighted by molar-refractivity contribution is 5.86. The number of anilines is 1. The maximum Gasteiger partial charge on any atom is 0.330 e. The van der Waals surface area contributed by atoms with E-state index in [1.807, 2.05) is 18.2 Å². The molecule has 1 aromatic carbocycles. The van der Waals surface area contributed by atoms with Crippen LogP contribution in [0, 0.1) is 0 Å². The van der Waals surface area contributed by atoms with Crippen LogP contribution in [0.25, 0.3) is 6.08 Å². The number of rotatable bonds is 7. The molecule has 1 aliphatic heterocycles. The van der Waals surface area contributed by atoms with E-state index in [4.69, 9.17) is 4.74 Å². The van der Waals surface area contributed by atoms with Crippen molar-refractivity contribution in [2.24, 2.45) is 0 Å². The van der Waals surface area contributed by atoms with Gasteiger partial charge in [-0.15, -0.1) is 0 Å². The number of para-hydroxylation sites is 1.